The molecular formula is C25H24N4O3S. The zero-order valence-electron chi connectivity index (χ0n) is 18.4. The van der Waals surface area contributed by atoms with Crippen LogP contribution in [-0.4, -0.2) is 35.6 Å². The summed E-state index contributed by atoms with van der Waals surface area (Å²) in [6, 6.07) is 22.5. The van der Waals surface area contributed by atoms with Crippen LogP contribution in [0, 0.1) is 0 Å². The summed E-state index contributed by atoms with van der Waals surface area (Å²) >= 11 is 1.62. The molecule has 3 aromatic carbocycles. The van der Waals surface area contributed by atoms with E-state index in [1.54, 1.807) is 50.0 Å². The monoisotopic (exact) mass is 460 g/mol. The van der Waals surface area contributed by atoms with Gasteiger partial charge in [0.05, 0.1) is 17.6 Å². The number of aromatic nitrogens is 2. The average Bonchev–Trinajstić information content (AvgIpc) is 3.26. The van der Waals surface area contributed by atoms with Gasteiger partial charge in [-0.1, -0.05) is 36.0 Å². The Morgan fingerprint density at radius 1 is 1.03 bits per heavy atom. The molecule has 4 rings (SSSR count). The number of carbonyl (C=O) groups excluding carboxylic acids is 2. The van der Waals surface area contributed by atoms with Crippen LogP contribution in [0.1, 0.15) is 22.8 Å². The van der Waals surface area contributed by atoms with Crippen LogP contribution in [0.25, 0.3) is 11.0 Å². The number of imidazole rings is 1. The van der Waals surface area contributed by atoms with Gasteiger partial charge >= 0.3 is 6.09 Å². The van der Waals surface area contributed by atoms with Crippen LogP contribution in [0.15, 0.2) is 78.0 Å². The van der Waals surface area contributed by atoms with Crippen LogP contribution in [0.5, 0.6) is 0 Å². The number of H-pyrrole nitrogens is 1. The maximum absolute atomic E-state index is 12.6. The summed E-state index contributed by atoms with van der Waals surface area (Å²) < 4.78 is 4.99. The number of hydrogen-bond acceptors (Lipinski definition) is 5. The highest BCUT2D eigenvalue weighted by Gasteiger charge is 2.12. The highest BCUT2D eigenvalue weighted by atomic mass is 32.2. The van der Waals surface area contributed by atoms with Crippen LogP contribution in [0.2, 0.25) is 0 Å². The largest absolute Gasteiger partial charge is 0.449 e. The molecule has 0 atom stereocenters. The predicted octanol–water partition coefficient (Wildman–Crippen LogP) is 5.70. The van der Waals surface area contributed by atoms with E-state index in [4.69, 9.17) is 4.74 Å². The second-order valence-corrected chi connectivity index (χ2v) is 8.27. The van der Waals surface area contributed by atoms with E-state index in [9.17, 15) is 9.59 Å². The van der Waals surface area contributed by atoms with Gasteiger partial charge in [-0.3, -0.25) is 9.69 Å². The normalized spacial score (nSPS) is 10.7. The fraction of sp³-hybridized carbons (Fsp3) is 0.160. The molecule has 0 aliphatic carbocycles. The molecule has 0 aliphatic heterocycles. The van der Waals surface area contributed by atoms with Crippen LogP contribution in [0.4, 0.5) is 16.2 Å². The Labute approximate surface area is 196 Å². The first kappa shape index (κ1) is 22.4. The quantitative estimate of drug-likeness (QED) is 0.346. The molecule has 8 heteroatoms. The van der Waals surface area contributed by atoms with E-state index in [0.29, 0.717) is 23.5 Å². The maximum atomic E-state index is 12.6. The Hall–Kier alpha value is -3.78. The molecule has 7 nitrogen and oxygen atoms in total. The summed E-state index contributed by atoms with van der Waals surface area (Å²) in [7, 11) is 1.64. The Bertz CT molecular complexity index is 1220. The topological polar surface area (TPSA) is 87.3 Å². The average molecular weight is 461 g/mol. The zero-order valence-corrected chi connectivity index (χ0v) is 19.2. The summed E-state index contributed by atoms with van der Waals surface area (Å²) in [6.45, 7) is 2.07. The van der Waals surface area contributed by atoms with Crippen molar-refractivity contribution < 1.29 is 14.3 Å². The van der Waals surface area contributed by atoms with Crippen molar-refractivity contribution in [3.8, 4) is 0 Å². The molecule has 1 aromatic heterocycles. The van der Waals surface area contributed by atoms with Crippen LogP contribution in [-0.2, 0) is 10.5 Å². The van der Waals surface area contributed by atoms with Gasteiger partial charge in [0.15, 0.2) is 5.16 Å². The van der Waals surface area contributed by atoms with E-state index in [0.717, 1.165) is 27.5 Å². The smallest absolute Gasteiger partial charge is 0.413 e. The molecule has 0 aliphatic rings. The minimum atomic E-state index is -0.423. The minimum absolute atomic E-state index is 0.196. The van der Waals surface area contributed by atoms with Gasteiger partial charge in [0.2, 0.25) is 0 Å². The van der Waals surface area contributed by atoms with Gasteiger partial charge in [-0.15, -0.1) is 0 Å². The second kappa shape index (κ2) is 10.2. The molecular weight excluding hydrogens is 436 g/mol. The third-order valence-corrected chi connectivity index (χ3v) is 5.96. The molecule has 0 spiro atoms. The van der Waals surface area contributed by atoms with Crippen molar-refractivity contribution in [3.05, 3.63) is 83.9 Å². The molecule has 4 aromatic rings. The number of benzene rings is 3. The molecule has 1 heterocycles. The van der Waals surface area contributed by atoms with Gasteiger partial charge in [-0.05, 0) is 61.0 Å². The van der Waals surface area contributed by atoms with Crippen molar-refractivity contribution in [2.75, 3.05) is 23.9 Å². The number of nitrogens with zero attached hydrogens (tertiary/aromatic N) is 2. The first-order valence-corrected chi connectivity index (χ1v) is 11.5. The number of para-hydroxylation sites is 2. The molecule has 168 valence electrons. The van der Waals surface area contributed by atoms with E-state index < -0.39 is 6.09 Å². The van der Waals surface area contributed by atoms with Gasteiger partial charge in [-0.2, -0.15) is 0 Å². The summed E-state index contributed by atoms with van der Waals surface area (Å²) in [5.74, 6) is 0.551. The van der Waals surface area contributed by atoms with Crippen molar-refractivity contribution in [2.45, 2.75) is 17.8 Å². The van der Waals surface area contributed by atoms with Gasteiger partial charge in [0, 0.05) is 29.7 Å². The van der Waals surface area contributed by atoms with E-state index in [-0.39, 0.29) is 5.91 Å². The molecule has 33 heavy (non-hydrogen) atoms. The highest BCUT2D eigenvalue weighted by molar-refractivity contribution is 7.98. The third-order valence-electron chi connectivity index (χ3n) is 5.01. The van der Waals surface area contributed by atoms with E-state index in [1.165, 1.54) is 4.90 Å². The summed E-state index contributed by atoms with van der Waals surface area (Å²) in [6.07, 6.45) is -0.423. The maximum Gasteiger partial charge on any atom is 0.413 e. The molecule has 0 unspecified atom stereocenters. The van der Waals surface area contributed by atoms with E-state index in [2.05, 4.69) is 15.3 Å². The van der Waals surface area contributed by atoms with E-state index >= 15 is 0 Å². The molecule has 0 saturated carbocycles. The lowest BCUT2D eigenvalue weighted by atomic mass is 10.1. The SMILES string of the molecule is CCOC(=O)N(C)c1ccc(NC(=O)c2ccc(CSc3nc4ccccc4[nH]3)cc2)cc1. The summed E-state index contributed by atoms with van der Waals surface area (Å²) in [5.41, 5.74) is 4.96. The fourth-order valence-electron chi connectivity index (χ4n) is 3.20. The second-order valence-electron chi connectivity index (χ2n) is 7.30. The van der Waals surface area contributed by atoms with Crippen molar-refractivity contribution in [1.29, 1.82) is 0 Å². The Kier molecular flexibility index (Phi) is 6.95. The number of hydrogen-bond donors (Lipinski definition) is 2. The standard InChI is InChI=1S/C25H24N4O3S/c1-3-32-25(31)29(2)20-14-12-19(13-15-20)26-23(30)18-10-8-17(9-11-18)16-33-24-27-21-6-4-5-7-22(21)28-24/h4-15H,3,16H2,1-2H3,(H,26,30)(H,27,28). The number of thioether (sulfide) groups is 1. The number of rotatable bonds is 7. The lowest BCUT2D eigenvalue weighted by molar-refractivity contribution is 0.102. The molecule has 2 amide bonds. The van der Waals surface area contributed by atoms with Crippen molar-refractivity contribution in [2.24, 2.45) is 0 Å². The summed E-state index contributed by atoms with van der Waals surface area (Å²) in [5, 5.41) is 3.75. The van der Waals surface area contributed by atoms with E-state index in [1.807, 2.05) is 48.5 Å². The third kappa shape index (κ3) is 5.53. The first-order valence-electron chi connectivity index (χ1n) is 10.5. The first-order chi connectivity index (χ1) is 16.0. The minimum Gasteiger partial charge on any atom is -0.449 e. The predicted molar refractivity (Wildman–Crippen MR) is 132 cm³/mol. The number of nitrogens with one attached hydrogen (secondary N) is 2. The fourth-order valence-corrected chi connectivity index (χ4v) is 4.04. The van der Waals surface area contributed by atoms with Crippen LogP contribution >= 0.6 is 11.8 Å². The number of ether oxygens (including phenoxy) is 1. The number of aromatic amines is 1. The van der Waals surface area contributed by atoms with Crippen molar-refractivity contribution in [3.63, 3.8) is 0 Å². The Morgan fingerprint density at radius 3 is 2.45 bits per heavy atom. The number of anilines is 2. The molecule has 0 bridgehead atoms. The van der Waals surface area contributed by atoms with Gasteiger partial charge < -0.3 is 15.0 Å². The lowest BCUT2D eigenvalue weighted by Crippen LogP contribution is -2.26. The van der Waals surface area contributed by atoms with Crippen molar-refractivity contribution >= 4 is 46.2 Å². The summed E-state index contributed by atoms with van der Waals surface area (Å²) in [4.78, 5) is 33.7. The molecule has 0 radical (unpaired) electrons. The zero-order chi connectivity index (χ0) is 23.2. The lowest BCUT2D eigenvalue weighted by Gasteiger charge is -2.17. The Morgan fingerprint density at radius 2 is 1.76 bits per heavy atom. The molecule has 2 N–H and O–H groups in total. The van der Waals surface area contributed by atoms with Gasteiger partial charge in [0.1, 0.15) is 0 Å². The number of carbonyl (C=O) groups is 2. The Balaban J connectivity index is 1.32. The molecule has 0 fully saturated rings. The van der Waals surface area contributed by atoms with Gasteiger partial charge in [-0.25, -0.2) is 9.78 Å². The van der Waals surface area contributed by atoms with Gasteiger partial charge in [0.25, 0.3) is 5.91 Å². The van der Waals surface area contributed by atoms with Crippen molar-refractivity contribution in [1.82, 2.24) is 9.97 Å². The molecule has 0 saturated heterocycles. The van der Waals surface area contributed by atoms with Crippen LogP contribution in [0.3, 0.4) is 0 Å². The number of amides is 2. The highest BCUT2D eigenvalue weighted by Crippen LogP contribution is 2.23. The number of fused-ring (bicyclic) bond motifs is 1. The van der Waals surface area contributed by atoms with Crippen LogP contribution < -0.4 is 10.2 Å².